The molecule has 0 heterocycles. The van der Waals surface area contributed by atoms with Gasteiger partial charge >= 0.3 is 0 Å². The van der Waals surface area contributed by atoms with Crippen LogP contribution in [0.4, 0.5) is 0 Å². The van der Waals surface area contributed by atoms with Gasteiger partial charge in [-0.15, -0.1) is 19.7 Å². The lowest BCUT2D eigenvalue weighted by atomic mass is 9.88. The first-order valence-corrected chi connectivity index (χ1v) is 7.31. The van der Waals surface area contributed by atoms with E-state index in [-0.39, 0.29) is 0 Å². The molecule has 18 heavy (non-hydrogen) atoms. The van der Waals surface area contributed by atoms with Gasteiger partial charge in [0.25, 0.3) is 0 Å². The first-order chi connectivity index (χ1) is 8.80. The fraction of sp³-hybridized carbons (Fsp3) is 0.556. The molecule has 0 nitrogen and oxygen atoms in total. The zero-order chi connectivity index (χ0) is 13.0. The minimum Gasteiger partial charge on any atom is -0.106 e. The minimum atomic E-state index is 0.435. The molecule has 0 spiro atoms. The van der Waals surface area contributed by atoms with E-state index in [1.807, 2.05) is 0 Å². The molecule has 4 aliphatic carbocycles. The molecule has 4 atom stereocenters. The van der Waals surface area contributed by atoms with E-state index in [0.717, 1.165) is 17.8 Å². The predicted molar refractivity (Wildman–Crippen MR) is 80.3 cm³/mol. The fourth-order valence-corrected chi connectivity index (χ4v) is 3.76. The van der Waals surface area contributed by atoms with Crippen LogP contribution in [0.3, 0.4) is 0 Å². The summed E-state index contributed by atoms with van der Waals surface area (Å²) in [7, 11) is 0. The molecular formula is C18H26. The second kappa shape index (κ2) is 5.73. The largest absolute Gasteiger partial charge is 0.106 e. The van der Waals surface area contributed by atoms with Crippen molar-refractivity contribution in [2.45, 2.75) is 38.5 Å². The zero-order valence-electron chi connectivity index (χ0n) is 11.5. The summed E-state index contributed by atoms with van der Waals surface area (Å²) < 4.78 is 0. The number of allylic oxidation sites excluding steroid dienone is 5. The van der Waals surface area contributed by atoms with Gasteiger partial charge in [-0.2, -0.15) is 0 Å². The normalized spacial score (nSPS) is 41.0. The number of hydrogen-bond donors (Lipinski definition) is 0. The Balaban J connectivity index is 0.000000120. The minimum absolute atomic E-state index is 0.435. The summed E-state index contributed by atoms with van der Waals surface area (Å²) in [5, 5.41) is 0. The van der Waals surface area contributed by atoms with Gasteiger partial charge in [0.15, 0.2) is 0 Å². The van der Waals surface area contributed by atoms with Gasteiger partial charge in [-0.3, -0.25) is 0 Å². The van der Waals surface area contributed by atoms with Crippen molar-refractivity contribution in [1.82, 2.24) is 0 Å². The maximum absolute atomic E-state index is 3.86. The molecule has 0 radical (unpaired) electrons. The molecule has 0 aliphatic heterocycles. The van der Waals surface area contributed by atoms with E-state index in [9.17, 15) is 0 Å². The van der Waals surface area contributed by atoms with Gasteiger partial charge < -0.3 is 0 Å². The summed E-state index contributed by atoms with van der Waals surface area (Å²) in [6.45, 7) is 9.86. The summed E-state index contributed by atoms with van der Waals surface area (Å²) in [5.74, 6) is 2.87. The van der Waals surface area contributed by atoms with Crippen LogP contribution in [0.2, 0.25) is 0 Å². The third kappa shape index (κ3) is 2.68. The van der Waals surface area contributed by atoms with Gasteiger partial charge in [-0.25, -0.2) is 0 Å². The second-order valence-electron chi connectivity index (χ2n) is 6.02. The lowest BCUT2D eigenvalue weighted by Crippen LogP contribution is -2.05. The Kier molecular flexibility index (Phi) is 4.27. The maximum atomic E-state index is 3.86. The van der Waals surface area contributed by atoms with E-state index >= 15 is 0 Å². The van der Waals surface area contributed by atoms with Crippen molar-refractivity contribution in [3.05, 3.63) is 50.1 Å². The van der Waals surface area contributed by atoms with Crippen LogP contribution >= 0.6 is 0 Å². The molecule has 0 aromatic heterocycles. The van der Waals surface area contributed by atoms with Gasteiger partial charge in [0.2, 0.25) is 0 Å². The SMILES string of the molecule is C1=CC2CCC1C2.C=C.C=CC12C=CC(CC1)C2. The second-order valence-corrected chi connectivity index (χ2v) is 6.02. The van der Waals surface area contributed by atoms with Gasteiger partial charge in [-0.1, -0.05) is 30.4 Å². The van der Waals surface area contributed by atoms with E-state index < -0.39 is 0 Å². The van der Waals surface area contributed by atoms with Crippen LogP contribution in [0.25, 0.3) is 0 Å². The van der Waals surface area contributed by atoms with Crippen LogP contribution < -0.4 is 0 Å². The van der Waals surface area contributed by atoms with E-state index in [2.05, 4.69) is 50.1 Å². The lowest BCUT2D eigenvalue weighted by molar-refractivity contribution is 0.525. The van der Waals surface area contributed by atoms with E-state index in [1.54, 1.807) is 0 Å². The topological polar surface area (TPSA) is 0 Å². The first-order valence-electron chi connectivity index (χ1n) is 7.31. The summed E-state index contributed by atoms with van der Waals surface area (Å²) in [4.78, 5) is 0. The first kappa shape index (κ1) is 13.4. The van der Waals surface area contributed by atoms with Crippen LogP contribution in [0, 0.1) is 23.2 Å². The number of hydrogen-bond acceptors (Lipinski definition) is 0. The highest BCUT2D eigenvalue weighted by Gasteiger charge is 2.37. The molecule has 4 bridgehead atoms. The van der Waals surface area contributed by atoms with Gasteiger partial charge in [0.05, 0.1) is 0 Å². The average molecular weight is 242 g/mol. The van der Waals surface area contributed by atoms with Gasteiger partial charge in [0.1, 0.15) is 0 Å². The number of rotatable bonds is 1. The highest BCUT2D eigenvalue weighted by atomic mass is 14.4. The molecule has 4 rings (SSSR count). The average Bonchev–Trinajstić information content (AvgIpc) is 3.23. The predicted octanol–water partition coefficient (Wildman–Crippen LogP) is 5.30. The van der Waals surface area contributed by atoms with Crippen molar-refractivity contribution in [2.75, 3.05) is 0 Å². The summed E-state index contributed by atoms with van der Waals surface area (Å²) >= 11 is 0. The summed E-state index contributed by atoms with van der Waals surface area (Å²) in [6, 6.07) is 0. The maximum Gasteiger partial charge on any atom is 0.00642 e. The highest BCUT2D eigenvalue weighted by Crippen LogP contribution is 2.49. The van der Waals surface area contributed by atoms with Crippen LogP contribution in [0.15, 0.2) is 50.1 Å². The van der Waals surface area contributed by atoms with Crippen molar-refractivity contribution in [3.63, 3.8) is 0 Å². The van der Waals surface area contributed by atoms with Crippen molar-refractivity contribution >= 4 is 0 Å². The Bertz CT molecular complexity index is 337. The Hall–Kier alpha value is -1.04. The molecule has 0 saturated heterocycles. The molecule has 4 aliphatic rings. The molecule has 0 amide bonds. The fourth-order valence-electron chi connectivity index (χ4n) is 3.76. The Morgan fingerprint density at radius 2 is 1.61 bits per heavy atom. The van der Waals surface area contributed by atoms with Crippen molar-refractivity contribution in [3.8, 4) is 0 Å². The summed E-state index contributed by atoms with van der Waals surface area (Å²) in [6.07, 6.45) is 20.1. The Morgan fingerprint density at radius 1 is 0.944 bits per heavy atom. The molecule has 0 aromatic carbocycles. The molecule has 2 fully saturated rings. The van der Waals surface area contributed by atoms with Crippen LogP contribution in [0.5, 0.6) is 0 Å². The van der Waals surface area contributed by atoms with Gasteiger partial charge in [-0.05, 0) is 56.3 Å². The zero-order valence-corrected chi connectivity index (χ0v) is 11.5. The van der Waals surface area contributed by atoms with Crippen molar-refractivity contribution in [1.29, 1.82) is 0 Å². The smallest absolute Gasteiger partial charge is 0.00642 e. The molecule has 0 N–H and O–H groups in total. The molecule has 2 saturated carbocycles. The lowest BCUT2D eigenvalue weighted by Gasteiger charge is -2.16. The monoisotopic (exact) mass is 242 g/mol. The summed E-state index contributed by atoms with van der Waals surface area (Å²) in [5.41, 5.74) is 0.435. The Labute approximate surface area is 112 Å². The third-order valence-corrected chi connectivity index (χ3v) is 4.90. The van der Waals surface area contributed by atoms with E-state index in [1.165, 1.54) is 38.5 Å². The standard InChI is InChI=1S/C9H12.C7H10.C2H4/c1-2-9-5-3-8(7-9)4-6-9;1-2-7-4-3-6(1)5-7;1-2/h2-3,5,8H,1,4,6-7H2;1-2,6-7H,3-5H2;1-2H2. The molecule has 4 unspecified atom stereocenters. The third-order valence-electron chi connectivity index (χ3n) is 4.90. The quantitative estimate of drug-likeness (QED) is 0.547. The molecule has 98 valence electrons. The van der Waals surface area contributed by atoms with E-state index in [4.69, 9.17) is 0 Å². The van der Waals surface area contributed by atoms with Crippen molar-refractivity contribution < 1.29 is 0 Å². The molecular weight excluding hydrogens is 216 g/mol. The van der Waals surface area contributed by atoms with Crippen LogP contribution in [0.1, 0.15) is 38.5 Å². The van der Waals surface area contributed by atoms with Crippen molar-refractivity contribution in [2.24, 2.45) is 23.2 Å². The van der Waals surface area contributed by atoms with E-state index in [0.29, 0.717) is 5.41 Å². The van der Waals surface area contributed by atoms with Crippen LogP contribution in [-0.4, -0.2) is 0 Å². The highest BCUT2D eigenvalue weighted by molar-refractivity contribution is 5.21. The van der Waals surface area contributed by atoms with Crippen LogP contribution in [-0.2, 0) is 0 Å². The number of fused-ring (bicyclic) bond motifs is 4. The molecule has 0 aromatic rings. The Morgan fingerprint density at radius 3 is 1.78 bits per heavy atom. The molecule has 0 heteroatoms. The van der Waals surface area contributed by atoms with Gasteiger partial charge in [0, 0.05) is 5.41 Å².